The van der Waals surface area contributed by atoms with Crippen molar-refractivity contribution in [3.8, 4) is 11.5 Å². The number of aliphatic imine (C=N–C) groups is 1. The fourth-order valence-electron chi connectivity index (χ4n) is 3.72. The first kappa shape index (κ1) is 21.8. The van der Waals surface area contributed by atoms with Crippen molar-refractivity contribution in [1.29, 1.82) is 0 Å². The summed E-state index contributed by atoms with van der Waals surface area (Å²) in [5, 5.41) is 5.71. The summed E-state index contributed by atoms with van der Waals surface area (Å²) in [7, 11) is 1.62. The van der Waals surface area contributed by atoms with Crippen LogP contribution in [-0.4, -0.2) is 18.2 Å². The number of nitrogens with one attached hydrogen (secondary N) is 1. The van der Waals surface area contributed by atoms with Gasteiger partial charge < -0.3 is 14.8 Å². The fourth-order valence-corrected chi connectivity index (χ4v) is 4.56. The van der Waals surface area contributed by atoms with Gasteiger partial charge in [-0.3, -0.25) is 4.79 Å². The van der Waals surface area contributed by atoms with Gasteiger partial charge in [0.1, 0.15) is 6.61 Å². The highest BCUT2D eigenvalue weighted by Gasteiger charge is 2.24. The van der Waals surface area contributed by atoms with Crippen LogP contribution in [0.25, 0.3) is 16.8 Å². The maximum Gasteiger partial charge on any atom is 0.264 e. The van der Waals surface area contributed by atoms with Gasteiger partial charge in [-0.05, 0) is 64.0 Å². The first-order valence-corrected chi connectivity index (χ1v) is 11.6. The number of benzene rings is 4. The van der Waals surface area contributed by atoms with Gasteiger partial charge in [-0.25, -0.2) is 4.99 Å². The third kappa shape index (κ3) is 4.82. The summed E-state index contributed by atoms with van der Waals surface area (Å²) >= 11 is 1.31. The van der Waals surface area contributed by atoms with E-state index in [4.69, 9.17) is 9.47 Å². The van der Waals surface area contributed by atoms with Crippen LogP contribution in [-0.2, 0) is 11.4 Å². The van der Waals surface area contributed by atoms with E-state index in [2.05, 4.69) is 34.6 Å². The highest BCUT2D eigenvalue weighted by Crippen LogP contribution is 2.33. The molecule has 34 heavy (non-hydrogen) atoms. The van der Waals surface area contributed by atoms with Gasteiger partial charge in [0.05, 0.1) is 17.7 Å². The van der Waals surface area contributed by atoms with E-state index in [1.807, 2.05) is 72.8 Å². The maximum atomic E-state index is 12.5. The van der Waals surface area contributed by atoms with E-state index in [0.717, 1.165) is 22.2 Å². The number of methoxy groups -OCH3 is 1. The lowest BCUT2D eigenvalue weighted by molar-refractivity contribution is -0.115. The lowest BCUT2D eigenvalue weighted by atomic mass is 10.1. The zero-order valence-electron chi connectivity index (χ0n) is 18.5. The Balaban J connectivity index is 1.37. The van der Waals surface area contributed by atoms with Crippen molar-refractivity contribution in [1.82, 2.24) is 5.32 Å². The minimum absolute atomic E-state index is 0.172. The van der Waals surface area contributed by atoms with Crippen LogP contribution < -0.4 is 14.8 Å². The second kappa shape index (κ2) is 9.85. The predicted octanol–water partition coefficient (Wildman–Crippen LogP) is 6.32. The van der Waals surface area contributed by atoms with Crippen molar-refractivity contribution in [2.75, 3.05) is 7.11 Å². The molecule has 0 radical (unpaired) electrons. The summed E-state index contributed by atoms with van der Waals surface area (Å²) in [6.07, 6.45) is 1.83. The van der Waals surface area contributed by atoms with Crippen molar-refractivity contribution < 1.29 is 14.3 Å². The Labute approximate surface area is 202 Å². The van der Waals surface area contributed by atoms with Crippen molar-refractivity contribution in [3.05, 3.63) is 107 Å². The molecule has 0 spiro atoms. The maximum absolute atomic E-state index is 12.5. The minimum Gasteiger partial charge on any atom is -0.493 e. The second-order valence-corrected chi connectivity index (χ2v) is 8.69. The van der Waals surface area contributed by atoms with Gasteiger partial charge in [0.2, 0.25) is 0 Å². The Morgan fingerprint density at radius 1 is 0.912 bits per heavy atom. The summed E-state index contributed by atoms with van der Waals surface area (Å²) < 4.78 is 11.7. The number of fused-ring (bicyclic) bond motifs is 1. The van der Waals surface area contributed by atoms with Gasteiger partial charge in [0.15, 0.2) is 16.7 Å². The van der Waals surface area contributed by atoms with Crippen molar-refractivity contribution in [3.63, 3.8) is 0 Å². The smallest absolute Gasteiger partial charge is 0.264 e. The number of amides is 1. The average Bonchev–Trinajstić information content (AvgIpc) is 3.21. The summed E-state index contributed by atoms with van der Waals surface area (Å²) in [5.41, 5.74) is 2.73. The molecule has 1 fully saturated rings. The van der Waals surface area contributed by atoms with Crippen molar-refractivity contribution in [2.24, 2.45) is 4.99 Å². The Hall–Kier alpha value is -4.03. The topological polar surface area (TPSA) is 59.9 Å². The average molecular weight is 467 g/mol. The number of carbonyl (C=O) groups excluding carboxylic acids is 1. The lowest BCUT2D eigenvalue weighted by Gasteiger charge is -2.13. The largest absolute Gasteiger partial charge is 0.493 e. The van der Waals surface area contributed by atoms with Gasteiger partial charge in [-0.15, -0.1) is 0 Å². The van der Waals surface area contributed by atoms with Crippen LogP contribution in [0.1, 0.15) is 11.1 Å². The molecule has 1 amide bonds. The minimum atomic E-state index is -0.172. The summed E-state index contributed by atoms with van der Waals surface area (Å²) in [4.78, 5) is 17.6. The number of ether oxygens (including phenoxy) is 2. The molecule has 6 heteroatoms. The van der Waals surface area contributed by atoms with Crippen molar-refractivity contribution in [2.45, 2.75) is 6.61 Å². The van der Waals surface area contributed by atoms with Gasteiger partial charge in [-0.2, -0.15) is 0 Å². The second-order valence-electron chi connectivity index (χ2n) is 7.65. The number of hydrogen-bond donors (Lipinski definition) is 1. The van der Waals surface area contributed by atoms with Gasteiger partial charge in [0, 0.05) is 0 Å². The molecule has 0 aliphatic carbocycles. The number of nitrogens with zero attached hydrogens (tertiary/aromatic N) is 1. The molecule has 4 aromatic rings. The monoisotopic (exact) mass is 466 g/mol. The van der Waals surface area contributed by atoms with Gasteiger partial charge >= 0.3 is 0 Å². The third-order valence-corrected chi connectivity index (χ3v) is 6.30. The number of para-hydroxylation sites is 1. The molecule has 0 atom stereocenters. The van der Waals surface area contributed by atoms with E-state index in [9.17, 15) is 4.79 Å². The van der Waals surface area contributed by atoms with E-state index >= 15 is 0 Å². The molecule has 0 bridgehead atoms. The Kier molecular flexibility index (Phi) is 6.31. The third-order valence-electron chi connectivity index (χ3n) is 5.39. The number of thioether (sulfide) groups is 1. The molecule has 1 aliphatic heterocycles. The first-order valence-electron chi connectivity index (χ1n) is 10.8. The molecule has 0 saturated carbocycles. The molecule has 4 aromatic carbocycles. The molecule has 0 aromatic heterocycles. The Morgan fingerprint density at radius 3 is 2.56 bits per heavy atom. The summed E-state index contributed by atoms with van der Waals surface area (Å²) in [6.45, 7) is 0.404. The molecular weight excluding hydrogens is 444 g/mol. The van der Waals surface area contributed by atoms with E-state index in [1.165, 1.54) is 17.1 Å². The molecule has 168 valence electrons. The molecule has 0 unspecified atom stereocenters. The standard InChI is InChI=1S/C28H22N2O3S/c1-32-24-15-14-19(17-26-27(31)30-28(34-26)29-22-11-3-2-4-12-22)16-25(24)33-18-21-10-7-9-20-8-5-6-13-23(20)21/h2-17H,18H2,1H3,(H,29,30,31)/b26-17-. The highest BCUT2D eigenvalue weighted by atomic mass is 32.2. The zero-order chi connectivity index (χ0) is 23.3. The van der Waals surface area contributed by atoms with Crippen LogP contribution in [0.5, 0.6) is 11.5 Å². The van der Waals surface area contributed by atoms with Gasteiger partial charge in [-0.1, -0.05) is 66.7 Å². The molecule has 5 rings (SSSR count). The molecule has 1 N–H and O–H groups in total. The Bertz CT molecular complexity index is 1410. The van der Waals surface area contributed by atoms with E-state index in [0.29, 0.717) is 28.2 Å². The van der Waals surface area contributed by atoms with E-state index in [1.54, 1.807) is 7.11 Å². The Morgan fingerprint density at radius 2 is 1.71 bits per heavy atom. The summed E-state index contributed by atoms with van der Waals surface area (Å²) in [5.74, 6) is 1.08. The van der Waals surface area contributed by atoms with Crippen LogP contribution in [0.2, 0.25) is 0 Å². The molecule has 5 nitrogen and oxygen atoms in total. The van der Waals surface area contributed by atoms with Crippen LogP contribution in [0.3, 0.4) is 0 Å². The van der Waals surface area contributed by atoms with Crippen LogP contribution in [0, 0.1) is 0 Å². The van der Waals surface area contributed by atoms with Crippen LogP contribution >= 0.6 is 11.8 Å². The van der Waals surface area contributed by atoms with Gasteiger partial charge in [0.25, 0.3) is 5.91 Å². The van der Waals surface area contributed by atoms with Crippen molar-refractivity contribution >= 4 is 45.4 Å². The number of carbonyl (C=O) groups is 1. The SMILES string of the molecule is COc1ccc(/C=C2\SC(=Nc3ccccc3)NC2=O)cc1OCc1cccc2ccccc12. The molecule has 1 heterocycles. The fraction of sp³-hybridized carbons (Fsp3) is 0.0714. The molecule has 1 saturated heterocycles. The lowest BCUT2D eigenvalue weighted by Crippen LogP contribution is -2.19. The highest BCUT2D eigenvalue weighted by molar-refractivity contribution is 8.18. The molecule has 1 aliphatic rings. The number of rotatable bonds is 6. The number of amidine groups is 1. The van der Waals surface area contributed by atoms with E-state index < -0.39 is 0 Å². The van der Waals surface area contributed by atoms with Crippen LogP contribution in [0.4, 0.5) is 5.69 Å². The number of hydrogen-bond acceptors (Lipinski definition) is 5. The quantitative estimate of drug-likeness (QED) is 0.338. The van der Waals surface area contributed by atoms with E-state index in [-0.39, 0.29) is 5.91 Å². The first-order chi connectivity index (χ1) is 16.7. The molecular formula is C28H22N2O3S. The zero-order valence-corrected chi connectivity index (χ0v) is 19.3. The summed E-state index contributed by atoms with van der Waals surface area (Å²) in [6, 6.07) is 29.6. The normalized spacial score (nSPS) is 15.6. The van der Waals surface area contributed by atoms with Crippen LogP contribution in [0.15, 0.2) is 101 Å². The predicted molar refractivity (Wildman–Crippen MR) is 139 cm³/mol.